The maximum Gasteiger partial charge on any atom is 0.586 e. The normalized spacial score (nSPS) is 18.2. The molecule has 2 aliphatic heterocycles. The van der Waals surface area contributed by atoms with Gasteiger partial charge in [-0.25, -0.2) is 8.78 Å². The highest BCUT2D eigenvalue weighted by molar-refractivity contribution is 6.04. The Morgan fingerprint density at radius 2 is 0.919 bits per heavy atom. The molecular formula is C52H54F6N4O12. The van der Waals surface area contributed by atoms with E-state index in [1.54, 1.807) is 49.0 Å². The van der Waals surface area contributed by atoms with E-state index < -0.39 is 83.1 Å². The minimum absolute atomic E-state index is 0.0177. The number of carbonyl (C=O) groups excluding carboxylic acids is 2. The number of fused-ring (bicyclic) bond motifs is 4. The second kappa shape index (κ2) is 18.7. The number of carbonyl (C=O) groups is 2. The lowest BCUT2D eigenvalue weighted by Gasteiger charge is -2.25. The molecule has 2 saturated carbocycles. The van der Waals surface area contributed by atoms with Gasteiger partial charge in [-0.05, 0) is 85.3 Å². The number of hydrogen-bond donors (Lipinski definition) is 8. The minimum Gasteiger partial charge on any atom is -0.395 e. The third-order valence-electron chi connectivity index (χ3n) is 14.1. The molecule has 2 aromatic heterocycles. The summed E-state index contributed by atoms with van der Waals surface area (Å²) in [6.45, 7) is 5.72. The predicted molar refractivity (Wildman–Crippen MR) is 255 cm³/mol. The number of alkyl halides is 4. The maximum atomic E-state index is 15.2. The number of ether oxygens (including phenoxy) is 4. The zero-order valence-corrected chi connectivity index (χ0v) is 40.4. The van der Waals surface area contributed by atoms with Gasteiger partial charge in [-0.2, -0.15) is 0 Å². The van der Waals surface area contributed by atoms with Gasteiger partial charge in [0.2, 0.25) is 11.8 Å². The largest absolute Gasteiger partial charge is 0.586 e. The van der Waals surface area contributed by atoms with Crippen LogP contribution in [0.3, 0.4) is 0 Å². The Morgan fingerprint density at radius 1 is 0.568 bits per heavy atom. The second-order valence-electron chi connectivity index (χ2n) is 20.5. The first kappa shape index (κ1) is 52.3. The number of aromatic nitrogens is 2. The lowest BCUT2D eigenvalue weighted by molar-refractivity contribution is -0.287. The second-order valence-corrected chi connectivity index (χ2v) is 20.5. The molecule has 0 radical (unpaired) electrons. The molecule has 2 aliphatic carbocycles. The summed E-state index contributed by atoms with van der Waals surface area (Å²) >= 11 is 0. The predicted octanol–water partition coefficient (Wildman–Crippen LogP) is 6.79. The van der Waals surface area contributed by atoms with Crippen LogP contribution in [0.1, 0.15) is 75.9 Å². The first-order chi connectivity index (χ1) is 34.8. The van der Waals surface area contributed by atoms with E-state index in [-0.39, 0.29) is 60.7 Å². The van der Waals surface area contributed by atoms with Gasteiger partial charge in [-0.1, -0.05) is 39.8 Å². The van der Waals surface area contributed by atoms with Crippen molar-refractivity contribution in [1.82, 2.24) is 9.13 Å². The SMILES string of the molecule is CC(C)(CO)c1cc2cc(NC(=O)C3(c4ccc5c(c4)OC(F)(F)O5)CC3)c(F)cc2n1C[C@@H](O)CO.CC(C)(CO)c1cc2cc(NC(=O)C3(c4ccc5c(c4)OC(F)(F)O5)CC3)c(F)cc2n1C[C@@H](O)CO. The lowest BCUT2D eigenvalue weighted by Crippen LogP contribution is -2.29. The lowest BCUT2D eigenvalue weighted by atomic mass is 9.90. The van der Waals surface area contributed by atoms with Crippen LogP contribution in [-0.2, 0) is 44.3 Å². The van der Waals surface area contributed by atoms with Gasteiger partial charge < -0.3 is 69.4 Å². The van der Waals surface area contributed by atoms with Gasteiger partial charge in [0.15, 0.2) is 23.0 Å². The van der Waals surface area contributed by atoms with E-state index in [4.69, 9.17) is 0 Å². The quantitative estimate of drug-likeness (QED) is 0.0469. The van der Waals surface area contributed by atoms with Crippen molar-refractivity contribution in [3.05, 3.63) is 107 Å². The van der Waals surface area contributed by atoms with Gasteiger partial charge in [0.05, 0.1) is 85.0 Å². The van der Waals surface area contributed by atoms with Crippen molar-refractivity contribution in [2.24, 2.45) is 0 Å². The number of anilines is 2. The molecule has 0 unspecified atom stereocenters. The summed E-state index contributed by atoms with van der Waals surface area (Å²) in [4.78, 5) is 26.6. The fraction of sp³-hybridized carbons (Fsp3) is 0.423. The molecule has 6 aromatic rings. The Balaban J connectivity index is 0.000000182. The summed E-state index contributed by atoms with van der Waals surface area (Å²) in [7, 11) is 0. The molecule has 16 nitrogen and oxygen atoms in total. The highest BCUT2D eigenvalue weighted by atomic mass is 19.3. The van der Waals surface area contributed by atoms with Crippen molar-refractivity contribution in [3.8, 4) is 23.0 Å². The standard InChI is InChI=1S/2C26H27F3N2O6/c2*1-24(2,13-33)22-8-14-7-18(17(27)10-19(14)31(22)11-16(34)12-32)30-23(35)25(5-6-25)15-3-4-20-21(9-15)37-26(28,29)36-20/h2*3-4,7-10,16,32-34H,5-6,11-13H2,1-2H3,(H,30,35)/t2*16-/m11/s1. The van der Waals surface area contributed by atoms with Crippen LogP contribution in [0.5, 0.6) is 23.0 Å². The summed E-state index contributed by atoms with van der Waals surface area (Å²) in [5.74, 6) is -2.98. The average Bonchev–Trinajstić information content (AvgIpc) is 4.22. The summed E-state index contributed by atoms with van der Waals surface area (Å²) in [6, 6.07) is 17.3. The number of halogens is 6. The Hall–Kier alpha value is -6.56. The Morgan fingerprint density at radius 3 is 1.24 bits per heavy atom. The highest BCUT2D eigenvalue weighted by Crippen LogP contribution is 2.54. The summed E-state index contributed by atoms with van der Waals surface area (Å²) in [5.41, 5.74) is -0.608. The monoisotopic (exact) mass is 1040 g/mol. The van der Waals surface area contributed by atoms with E-state index in [0.717, 1.165) is 0 Å². The molecule has 4 aromatic carbocycles. The van der Waals surface area contributed by atoms with Gasteiger partial charge in [-0.3, -0.25) is 9.59 Å². The van der Waals surface area contributed by atoms with Crippen molar-refractivity contribution in [2.45, 2.75) is 113 Å². The molecule has 396 valence electrons. The molecule has 10 rings (SSSR count). The van der Waals surface area contributed by atoms with Gasteiger partial charge >= 0.3 is 12.6 Å². The Bertz CT molecular complexity index is 2970. The fourth-order valence-electron chi connectivity index (χ4n) is 9.49. The Labute approximate surface area is 418 Å². The smallest absolute Gasteiger partial charge is 0.395 e. The van der Waals surface area contributed by atoms with Gasteiger partial charge in [0, 0.05) is 45.1 Å². The van der Waals surface area contributed by atoms with E-state index >= 15 is 8.78 Å². The van der Waals surface area contributed by atoms with Gasteiger partial charge in [0.25, 0.3) is 0 Å². The molecule has 74 heavy (non-hydrogen) atoms. The van der Waals surface area contributed by atoms with Crippen molar-refractivity contribution >= 4 is 45.0 Å². The Kier molecular flexibility index (Phi) is 13.2. The van der Waals surface area contributed by atoms with E-state index in [9.17, 15) is 57.8 Å². The molecule has 8 N–H and O–H groups in total. The van der Waals surface area contributed by atoms with Crippen LogP contribution in [0.2, 0.25) is 0 Å². The van der Waals surface area contributed by atoms with Crippen LogP contribution < -0.4 is 29.6 Å². The van der Waals surface area contributed by atoms with Crippen molar-refractivity contribution in [3.63, 3.8) is 0 Å². The summed E-state index contributed by atoms with van der Waals surface area (Å²) in [6.07, 6.45) is -7.94. The van der Waals surface area contributed by atoms with E-state index in [1.807, 2.05) is 0 Å². The molecule has 2 atom stereocenters. The molecular weight excluding hydrogens is 987 g/mol. The number of aliphatic hydroxyl groups is 6. The van der Waals surface area contributed by atoms with Crippen LogP contribution in [0.4, 0.5) is 37.7 Å². The minimum atomic E-state index is -3.77. The number of benzene rings is 4. The molecule has 0 spiro atoms. The number of rotatable bonds is 16. The molecule has 2 amide bonds. The van der Waals surface area contributed by atoms with Crippen LogP contribution >= 0.6 is 0 Å². The third-order valence-corrected chi connectivity index (χ3v) is 14.1. The fourth-order valence-corrected chi connectivity index (χ4v) is 9.49. The topological polar surface area (TPSA) is 226 Å². The first-order valence-corrected chi connectivity index (χ1v) is 23.7. The van der Waals surface area contributed by atoms with Gasteiger partial charge in [0.1, 0.15) is 11.6 Å². The zero-order chi connectivity index (χ0) is 53.5. The average molecular weight is 1040 g/mol. The molecule has 0 bridgehead atoms. The summed E-state index contributed by atoms with van der Waals surface area (Å²) in [5, 5.41) is 64.9. The van der Waals surface area contributed by atoms with E-state index in [2.05, 4.69) is 29.6 Å². The number of hydrogen-bond acceptors (Lipinski definition) is 12. The van der Waals surface area contributed by atoms with Crippen molar-refractivity contribution < 1.29 is 85.5 Å². The van der Waals surface area contributed by atoms with Crippen LogP contribution in [0.25, 0.3) is 21.8 Å². The van der Waals surface area contributed by atoms with Crippen molar-refractivity contribution in [1.29, 1.82) is 0 Å². The maximum absolute atomic E-state index is 15.2. The zero-order valence-electron chi connectivity index (χ0n) is 40.4. The highest BCUT2D eigenvalue weighted by Gasteiger charge is 2.54. The summed E-state index contributed by atoms with van der Waals surface area (Å²) < 4.78 is 105. The molecule has 2 fully saturated rings. The number of amides is 2. The van der Waals surface area contributed by atoms with E-state index in [1.165, 1.54) is 60.7 Å². The third kappa shape index (κ3) is 9.69. The number of aliphatic hydroxyl groups excluding tert-OH is 6. The number of nitrogens with zero attached hydrogens (tertiary/aromatic N) is 2. The first-order valence-electron chi connectivity index (χ1n) is 23.7. The number of nitrogens with one attached hydrogen (secondary N) is 2. The molecule has 4 aliphatic rings. The molecule has 4 heterocycles. The molecule has 22 heteroatoms. The van der Waals surface area contributed by atoms with Crippen molar-refractivity contribution in [2.75, 3.05) is 37.1 Å². The van der Waals surface area contributed by atoms with Crippen LogP contribution in [-0.4, -0.2) is 103 Å². The van der Waals surface area contributed by atoms with Gasteiger partial charge in [-0.15, -0.1) is 17.6 Å². The van der Waals surface area contributed by atoms with Crippen LogP contribution in [0, 0.1) is 11.6 Å². The molecule has 0 saturated heterocycles. The van der Waals surface area contributed by atoms with E-state index in [0.29, 0.717) is 70.0 Å². The van der Waals surface area contributed by atoms with Crippen LogP contribution in [0.15, 0.2) is 72.8 Å².